The Hall–Kier alpha value is -2.09. The molecular weight excluding hydrogens is 266 g/mol. The fraction of sp³-hybridized carbons (Fsp3) is 0.583. The van der Waals surface area contributed by atoms with Crippen LogP contribution < -0.4 is 4.74 Å². The molecule has 1 amide bonds. The van der Waals surface area contributed by atoms with E-state index in [4.69, 9.17) is 9.47 Å². The monoisotopic (exact) mass is 283 g/mol. The molecule has 0 radical (unpaired) electrons. The van der Waals surface area contributed by atoms with Crippen molar-refractivity contribution < 1.29 is 24.2 Å². The maximum atomic E-state index is 11.8. The molecule has 2 atom stereocenters. The first-order chi connectivity index (χ1) is 9.38. The van der Waals surface area contributed by atoms with E-state index in [0.717, 1.165) is 0 Å². The van der Waals surface area contributed by atoms with Crippen molar-refractivity contribution in [3.63, 3.8) is 0 Å². The van der Waals surface area contributed by atoms with E-state index in [-0.39, 0.29) is 12.5 Å². The molecule has 1 aromatic heterocycles. The third-order valence-electron chi connectivity index (χ3n) is 3.43. The van der Waals surface area contributed by atoms with Gasteiger partial charge in [-0.3, -0.25) is 4.79 Å². The Balaban J connectivity index is 2.55. The number of morpholine rings is 1. The second-order valence-corrected chi connectivity index (χ2v) is 4.65. The van der Waals surface area contributed by atoms with Crippen LogP contribution in [-0.4, -0.2) is 58.5 Å². The smallest absolute Gasteiger partial charge is 0.335 e. The number of carbonyl (C=O) groups excluding carboxylic acids is 1. The Kier molecular flexibility index (Phi) is 3.67. The minimum absolute atomic E-state index is 0.244. The number of carboxylic acid groups (broad SMARTS) is 1. The van der Waals surface area contributed by atoms with Crippen molar-refractivity contribution in [2.24, 2.45) is 7.05 Å². The van der Waals surface area contributed by atoms with E-state index in [1.54, 1.807) is 21.0 Å². The van der Waals surface area contributed by atoms with Crippen LogP contribution in [0.4, 0.5) is 0 Å². The second kappa shape index (κ2) is 5.12. The molecule has 1 aliphatic heterocycles. The van der Waals surface area contributed by atoms with E-state index in [1.165, 1.54) is 16.7 Å². The number of carbonyl (C=O) groups is 2. The summed E-state index contributed by atoms with van der Waals surface area (Å²) >= 11 is 0. The Morgan fingerprint density at radius 2 is 2.15 bits per heavy atom. The molecule has 1 N–H and O–H groups in total. The van der Waals surface area contributed by atoms with Crippen molar-refractivity contribution >= 4 is 11.9 Å². The molecule has 110 valence electrons. The normalized spacial score (nSPS) is 23.0. The molecule has 1 fully saturated rings. The molecule has 0 aromatic carbocycles. The molecule has 0 bridgehead atoms. The number of hydrogen-bond acceptors (Lipinski definition) is 5. The van der Waals surface area contributed by atoms with Gasteiger partial charge in [0.05, 0.1) is 18.4 Å². The Morgan fingerprint density at radius 1 is 1.50 bits per heavy atom. The van der Waals surface area contributed by atoms with Crippen molar-refractivity contribution in [3.05, 3.63) is 11.3 Å². The fourth-order valence-electron chi connectivity index (χ4n) is 2.50. The van der Waals surface area contributed by atoms with Crippen LogP contribution in [0.2, 0.25) is 0 Å². The summed E-state index contributed by atoms with van der Waals surface area (Å²) in [6, 6.07) is -0.766. The average molecular weight is 283 g/mol. The topological polar surface area (TPSA) is 93.9 Å². The lowest BCUT2D eigenvalue weighted by Crippen LogP contribution is -2.50. The summed E-state index contributed by atoms with van der Waals surface area (Å²) < 4.78 is 12.0. The van der Waals surface area contributed by atoms with Gasteiger partial charge in [-0.1, -0.05) is 0 Å². The number of likely N-dealkylation sites (N-methyl/N-ethyl adjacent to an activating group) is 1. The van der Waals surface area contributed by atoms with Gasteiger partial charge in [0.2, 0.25) is 11.8 Å². The molecule has 1 aliphatic rings. The maximum Gasteiger partial charge on any atom is 0.335 e. The quantitative estimate of drug-likeness (QED) is 0.820. The molecule has 2 unspecified atom stereocenters. The van der Waals surface area contributed by atoms with Crippen molar-refractivity contribution in [3.8, 4) is 5.88 Å². The summed E-state index contributed by atoms with van der Waals surface area (Å²) in [6.07, 6.45) is -1.14. The molecule has 8 nitrogen and oxygen atoms in total. The van der Waals surface area contributed by atoms with E-state index < -0.39 is 18.1 Å². The predicted octanol–water partition coefficient (Wildman–Crippen LogP) is -0.280. The number of carboxylic acids is 1. The van der Waals surface area contributed by atoms with Crippen LogP contribution in [0.5, 0.6) is 5.88 Å². The Bertz CT molecular complexity index is 554. The van der Waals surface area contributed by atoms with Gasteiger partial charge in [-0.05, 0) is 6.92 Å². The van der Waals surface area contributed by atoms with Crippen molar-refractivity contribution in [2.75, 3.05) is 20.8 Å². The summed E-state index contributed by atoms with van der Waals surface area (Å²) in [4.78, 5) is 24.6. The van der Waals surface area contributed by atoms with Crippen LogP contribution in [0.15, 0.2) is 0 Å². The van der Waals surface area contributed by atoms with E-state index in [2.05, 4.69) is 5.10 Å². The highest BCUT2D eigenvalue weighted by atomic mass is 16.5. The van der Waals surface area contributed by atoms with Gasteiger partial charge in [-0.15, -0.1) is 0 Å². The van der Waals surface area contributed by atoms with Gasteiger partial charge >= 0.3 is 5.97 Å². The molecule has 0 saturated carbocycles. The number of rotatable bonds is 3. The maximum absolute atomic E-state index is 11.8. The third-order valence-corrected chi connectivity index (χ3v) is 3.43. The minimum atomic E-state index is -1.14. The number of nitrogens with zero attached hydrogens (tertiary/aromatic N) is 3. The molecule has 2 rings (SSSR count). The summed E-state index contributed by atoms with van der Waals surface area (Å²) in [6.45, 7) is 1.50. The number of aliphatic carboxylic acids is 1. The number of methoxy groups -OCH3 is 1. The third kappa shape index (κ3) is 2.11. The van der Waals surface area contributed by atoms with Gasteiger partial charge in [0.25, 0.3) is 0 Å². The zero-order chi connectivity index (χ0) is 15.0. The van der Waals surface area contributed by atoms with Gasteiger partial charge in [-0.2, -0.15) is 5.10 Å². The lowest BCUT2D eigenvalue weighted by molar-refractivity contribution is -0.171. The lowest BCUT2D eigenvalue weighted by Gasteiger charge is -2.36. The zero-order valence-electron chi connectivity index (χ0n) is 11.8. The molecule has 0 spiro atoms. The van der Waals surface area contributed by atoms with E-state index in [1.807, 2.05) is 0 Å². The Morgan fingerprint density at radius 3 is 2.70 bits per heavy atom. The van der Waals surface area contributed by atoms with Crippen LogP contribution in [0.3, 0.4) is 0 Å². The number of amides is 1. The van der Waals surface area contributed by atoms with Gasteiger partial charge in [0.1, 0.15) is 12.6 Å². The van der Waals surface area contributed by atoms with Crippen LogP contribution in [0.25, 0.3) is 0 Å². The predicted molar refractivity (Wildman–Crippen MR) is 67.4 cm³/mol. The highest BCUT2D eigenvalue weighted by molar-refractivity contribution is 5.83. The first kappa shape index (κ1) is 14.3. The zero-order valence-corrected chi connectivity index (χ0v) is 11.8. The van der Waals surface area contributed by atoms with Crippen molar-refractivity contribution in [1.29, 1.82) is 0 Å². The lowest BCUT2D eigenvalue weighted by atomic mass is 9.98. The van der Waals surface area contributed by atoms with Crippen LogP contribution >= 0.6 is 0 Å². The standard InChI is InChI=1S/C12H17N3O5/c1-6-8(11(19-4)15(3)13-6)9-10(12(17)18)20-5-7(16)14(9)2/h9-10H,5H2,1-4H3,(H,17,18). The summed E-state index contributed by atoms with van der Waals surface area (Å²) in [5.41, 5.74) is 1.16. The first-order valence-electron chi connectivity index (χ1n) is 6.06. The molecule has 8 heteroatoms. The first-order valence-corrected chi connectivity index (χ1v) is 6.06. The van der Waals surface area contributed by atoms with Crippen LogP contribution in [-0.2, 0) is 21.4 Å². The minimum Gasteiger partial charge on any atom is -0.481 e. The van der Waals surface area contributed by atoms with E-state index >= 15 is 0 Å². The van der Waals surface area contributed by atoms with E-state index in [0.29, 0.717) is 17.1 Å². The Labute approximate surface area is 115 Å². The molecule has 1 saturated heterocycles. The highest BCUT2D eigenvalue weighted by Gasteiger charge is 2.43. The number of aromatic nitrogens is 2. The number of ether oxygens (including phenoxy) is 2. The summed E-state index contributed by atoms with van der Waals surface area (Å²) in [5, 5.41) is 13.5. The molecule has 2 heterocycles. The largest absolute Gasteiger partial charge is 0.481 e. The molecule has 0 aliphatic carbocycles. The van der Waals surface area contributed by atoms with Crippen LogP contribution in [0.1, 0.15) is 17.3 Å². The van der Waals surface area contributed by atoms with Gasteiger partial charge < -0.3 is 19.5 Å². The van der Waals surface area contributed by atoms with Gasteiger partial charge in [0.15, 0.2) is 6.10 Å². The number of aryl methyl sites for hydroxylation is 2. The highest BCUT2D eigenvalue weighted by Crippen LogP contribution is 2.36. The van der Waals surface area contributed by atoms with Crippen molar-refractivity contribution in [2.45, 2.75) is 19.1 Å². The second-order valence-electron chi connectivity index (χ2n) is 4.65. The van der Waals surface area contributed by atoms with Crippen molar-refractivity contribution in [1.82, 2.24) is 14.7 Å². The molecule has 20 heavy (non-hydrogen) atoms. The molecule has 1 aromatic rings. The average Bonchev–Trinajstić information content (AvgIpc) is 2.66. The van der Waals surface area contributed by atoms with E-state index in [9.17, 15) is 14.7 Å². The van der Waals surface area contributed by atoms with Crippen LogP contribution in [0, 0.1) is 6.92 Å². The fourth-order valence-corrected chi connectivity index (χ4v) is 2.50. The number of hydrogen-bond donors (Lipinski definition) is 1. The summed E-state index contributed by atoms with van der Waals surface area (Å²) in [5.74, 6) is -0.985. The molecular formula is C12H17N3O5. The van der Waals surface area contributed by atoms with Gasteiger partial charge in [-0.25, -0.2) is 9.48 Å². The SMILES string of the molecule is COc1c(C2C(C(=O)O)OCC(=O)N2C)c(C)nn1C. The van der Waals surface area contributed by atoms with Gasteiger partial charge in [0, 0.05) is 14.1 Å². The summed E-state index contributed by atoms with van der Waals surface area (Å²) in [7, 11) is 4.72.